The molecule has 2 unspecified atom stereocenters. The van der Waals surface area contributed by atoms with Gasteiger partial charge in [0.05, 0.1) is 4.08 Å². The second-order valence-electron chi connectivity index (χ2n) is 5.91. The lowest BCUT2D eigenvalue weighted by atomic mass is 9.82. The first-order chi connectivity index (χ1) is 9.67. The molecule has 1 fully saturated rings. The Bertz CT molecular complexity index is 574. The van der Waals surface area contributed by atoms with Gasteiger partial charge in [0, 0.05) is 11.5 Å². The first kappa shape index (κ1) is 13.0. The highest BCUT2D eigenvalue weighted by molar-refractivity contribution is 8.22. The number of thioether (sulfide) groups is 2. The van der Waals surface area contributed by atoms with E-state index in [1.807, 2.05) is 6.07 Å². The molecule has 2 atom stereocenters. The van der Waals surface area contributed by atoms with Crippen molar-refractivity contribution in [3.05, 3.63) is 34.1 Å². The van der Waals surface area contributed by atoms with Crippen molar-refractivity contribution in [2.24, 2.45) is 0 Å². The Labute approximate surface area is 128 Å². The quantitative estimate of drug-likeness (QED) is 0.796. The fraction of sp³-hybridized carbons (Fsp3) is 0.500. The smallest absolute Gasteiger partial charge is 0.127 e. The highest BCUT2D eigenvalue weighted by Crippen LogP contribution is 2.56. The van der Waals surface area contributed by atoms with Crippen LogP contribution in [-0.2, 0) is 4.08 Å². The van der Waals surface area contributed by atoms with E-state index in [2.05, 4.69) is 23.8 Å². The van der Waals surface area contributed by atoms with Gasteiger partial charge in [-0.05, 0) is 54.7 Å². The SMILES string of the molecule is CC1(c2cc(O)c3c(c2)OC2CCCCC32)SC=CS1. The summed E-state index contributed by atoms with van der Waals surface area (Å²) in [6, 6.07) is 4.10. The van der Waals surface area contributed by atoms with Crippen LogP contribution in [0.25, 0.3) is 0 Å². The maximum absolute atomic E-state index is 10.5. The molecule has 0 aromatic heterocycles. The summed E-state index contributed by atoms with van der Waals surface area (Å²) in [5.74, 6) is 1.76. The van der Waals surface area contributed by atoms with Gasteiger partial charge in [0.1, 0.15) is 17.6 Å². The molecule has 1 saturated carbocycles. The van der Waals surface area contributed by atoms with E-state index in [9.17, 15) is 5.11 Å². The summed E-state index contributed by atoms with van der Waals surface area (Å²) in [7, 11) is 0. The normalized spacial score (nSPS) is 29.9. The van der Waals surface area contributed by atoms with Gasteiger partial charge in [0.2, 0.25) is 0 Å². The maximum Gasteiger partial charge on any atom is 0.127 e. The molecule has 1 aromatic carbocycles. The molecule has 2 aliphatic heterocycles. The molecule has 1 aromatic rings. The van der Waals surface area contributed by atoms with E-state index in [0.717, 1.165) is 29.7 Å². The third kappa shape index (κ3) is 1.88. The molecule has 0 spiro atoms. The van der Waals surface area contributed by atoms with Gasteiger partial charge in [-0.25, -0.2) is 0 Å². The van der Waals surface area contributed by atoms with Crippen LogP contribution in [0.15, 0.2) is 22.9 Å². The first-order valence-corrected chi connectivity index (χ1v) is 8.98. The van der Waals surface area contributed by atoms with Crippen molar-refractivity contribution in [1.82, 2.24) is 0 Å². The predicted octanol–water partition coefficient (Wildman–Crippen LogP) is 4.93. The maximum atomic E-state index is 10.5. The van der Waals surface area contributed by atoms with Crippen LogP contribution in [0.2, 0.25) is 0 Å². The minimum Gasteiger partial charge on any atom is -0.508 e. The van der Waals surface area contributed by atoms with E-state index < -0.39 is 0 Å². The van der Waals surface area contributed by atoms with Gasteiger partial charge in [0.15, 0.2) is 0 Å². The lowest BCUT2D eigenvalue weighted by molar-refractivity contribution is 0.163. The third-order valence-electron chi connectivity index (χ3n) is 4.64. The number of phenolic OH excluding ortho intramolecular Hbond substituents is 1. The highest BCUT2D eigenvalue weighted by Gasteiger charge is 2.40. The Morgan fingerprint density at radius 3 is 2.75 bits per heavy atom. The predicted molar refractivity (Wildman–Crippen MR) is 85.4 cm³/mol. The second-order valence-corrected chi connectivity index (χ2v) is 8.82. The molecular formula is C16H18O2S2. The van der Waals surface area contributed by atoms with E-state index in [1.165, 1.54) is 12.8 Å². The summed E-state index contributed by atoms with van der Waals surface area (Å²) in [4.78, 5) is 0. The fourth-order valence-corrected chi connectivity index (χ4v) is 5.58. The van der Waals surface area contributed by atoms with Gasteiger partial charge < -0.3 is 9.84 Å². The Morgan fingerprint density at radius 1 is 1.20 bits per heavy atom. The van der Waals surface area contributed by atoms with Crippen molar-refractivity contribution in [1.29, 1.82) is 0 Å². The average molecular weight is 306 g/mol. The van der Waals surface area contributed by atoms with Crippen molar-refractivity contribution in [2.75, 3.05) is 0 Å². The Balaban J connectivity index is 1.75. The molecule has 4 rings (SSSR count). The van der Waals surface area contributed by atoms with Crippen LogP contribution in [0.3, 0.4) is 0 Å². The summed E-state index contributed by atoms with van der Waals surface area (Å²) in [5, 5.41) is 14.7. The zero-order chi connectivity index (χ0) is 13.7. The number of hydrogen-bond acceptors (Lipinski definition) is 4. The van der Waals surface area contributed by atoms with Crippen LogP contribution in [0.5, 0.6) is 11.5 Å². The number of ether oxygens (including phenoxy) is 1. The van der Waals surface area contributed by atoms with Gasteiger partial charge in [-0.1, -0.05) is 6.42 Å². The molecule has 1 N–H and O–H groups in total. The van der Waals surface area contributed by atoms with Gasteiger partial charge in [0.25, 0.3) is 0 Å². The minimum atomic E-state index is -0.0381. The lowest BCUT2D eigenvalue weighted by Crippen LogP contribution is -2.22. The molecule has 0 bridgehead atoms. The number of aromatic hydroxyl groups is 1. The van der Waals surface area contributed by atoms with Gasteiger partial charge in [-0.2, -0.15) is 0 Å². The van der Waals surface area contributed by atoms with Crippen LogP contribution in [-0.4, -0.2) is 11.2 Å². The Morgan fingerprint density at radius 2 is 1.95 bits per heavy atom. The number of fused-ring (bicyclic) bond motifs is 3. The first-order valence-electron chi connectivity index (χ1n) is 7.22. The summed E-state index contributed by atoms with van der Waals surface area (Å²) >= 11 is 3.59. The van der Waals surface area contributed by atoms with Crippen molar-refractivity contribution >= 4 is 23.5 Å². The average Bonchev–Trinajstić information content (AvgIpc) is 3.03. The summed E-state index contributed by atoms with van der Waals surface area (Å²) in [5.41, 5.74) is 2.20. The molecule has 0 radical (unpaired) electrons. The third-order valence-corrected chi connectivity index (χ3v) is 7.30. The van der Waals surface area contributed by atoms with Crippen LogP contribution >= 0.6 is 23.5 Å². The van der Waals surface area contributed by atoms with Crippen molar-refractivity contribution in [3.8, 4) is 11.5 Å². The van der Waals surface area contributed by atoms with Gasteiger partial charge in [-0.15, -0.1) is 23.5 Å². The number of hydrogen-bond donors (Lipinski definition) is 1. The van der Waals surface area contributed by atoms with E-state index >= 15 is 0 Å². The van der Waals surface area contributed by atoms with Crippen molar-refractivity contribution in [2.45, 2.75) is 48.7 Å². The summed E-state index contributed by atoms with van der Waals surface area (Å²) in [6.07, 6.45) is 5.05. The molecule has 1 aliphatic carbocycles. The molecule has 3 aliphatic rings. The van der Waals surface area contributed by atoms with Crippen LogP contribution in [0, 0.1) is 0 Å². The molecule has 106 valence electrons. The minimum absolute atomic E-state index is 0.0381. The van der Waals surface area contributed by atoms with E-state index in [1.54, 1.807) is 23.5 Å². The zero-order valence-corrected chi connectivity index (χ0v) is 13.1. The number of benzene rings is 1. The molecular weight excluding hydrogens is 288 g/mol. The molecule has 20 heavy (non-hydrogen) atoms. The topological polar surface area (TPSA) is 29.5 Å². The van der Waals surface area contributed by atoms with Gasteiger partial charge >= 0.3 is 0 Å². The van der Waals surface area contributed by atoms with Crippen molar-refractivity contribution in [3.63, 3.8) is 0 Å². The molecule has 4 heteroatoms. The van der Waals surface area contributed by atoms with E-state index in [0.29, 0.717) is 11.7 Å². The van der Waals surface area contributed by atoms with Crippen LogP contribution in [0.4, 0.5) is 0 Å². The number of phenols is 1. The monoisotopic (exact) mass is 306 g/mol. The number of rotatable bonds is 1. The highest BCUT2D eigenvalue weighted by atomic mass is 32.2. The molecule has 2 heterocycles. The molecule has 2 nitrogen and oxygen atoms in total. The zero-order valence-electron chi connectivity index (χ0n) is 11.5. The lowest BCUT2D eigenvalue weighted by Gasteiger charge is -2.24. The second kappa shape index (κ2) is 4.63. The van der Waals surface area contributed by atoms with E-state index in [-0.39, 0.29) is 10.2 Å². The summed E-state index contributed by atoms with van der Waals surface area (Å²) < 4.78 is 6.10. The Kier molecular flexibility index (Phi) is 3.00. The van der Waals surface area contributed by atoms with E-state index in [4.69, 9.17) is 4.74 Å². The van der Waals surface area contributed by atoms with Crippen LogP contribution in [0.1, 0.15) is 49.7 Å². The summed E-state index contributed by atoms with van der Waals surface area (Å²) in [6.45, 7) is 2.20. The van der Waals surface area contributed by atoms with Crippen LogP contribution < -0.4 is 4.74 Å². The Hall–Kier alpha value is -0.740. The molecule has 0 amide bonds. The van der Waals surface area contributed by atoms with Gasteiger partial charge in [-0.3, -0.25) is 0 Å². The fourth-order valence-electron chi connectivity index (χ4n) is 3.55. The molecule has 0 saturated heterocycles. The standard InChI is InChI=1S/C16H18O2S2/c1-16(19-6-7-20-16)10-8-12(17)15-11-4-2-3-5-13(11)18-14(15)9-10/h6-9,11,13,17H,2-5H2,1H3. The largest absolute Gasteiger partial charge is 0.508 e. The van der Waals surface area contributed by atoms with Crippen molar-refractivity contribution < 1.29 is 9.84 Å².